The van der Waals surface area contributed by atoms with Gasteiger partial charge in [-0.15, -0.1) is 11.8 Å². The molecule has 0 fully saturated rings. The van der Waals surface area contributed by atoms with Crippen LogP contribution in [0.3, 0.4) is 0 Å². The van der Waals surface area contributed by atoms with Gasteiger partial charge < -0.3 is 10.1 Å². The predicted octanol–water partition coefficient (Wildman–Crippen LogP) is 1.62. The number of rotatable bonds is 9. The lowest BCUT2D eigenvalue weighted by molar-refractivity contribution is -0.139. The second-order valence-electron chi connectivity index (χ2n) is 5.56. The number of hydrogen-bond donors (Lipinski definition) is 1. The third-order valence-corrected chi connectivity index (χ3v) is 4.95. The van der Waals surface area contributed by atoms with E-state index in [0.29, 0.717) is 18.0 Å². The van der Waals surface area contributed by atoms with E-state index in [0.717, 1.165) is 23.8 Å². The highest BCUT2D eigenvalue weighted by atomic mass is 32.2. The van der Waals surface area contributed by atoms with Crippen molar-refractivity contribution in [3.05, 3.63) is 26.5 Å². The average Bonchev–Trinajstić information content (AvgIpc) is 2.57. The zero-order chi connectivity index (χ0) is 18.3. The Bertz CT molecular complexity index is 681. The van der Waals surface area contributed by atoms with Crippen LogP contribution in [0.25, 0.3) is 0 Å². The molecule has 0 saturated carbocycles. The minimum atomic E-state index is -0.354. The van der Waals surface area contributed by atoms with Gasteiger partial charge in [-0.1, -0.05) is 19.8 Å². The van der Waals surface area contributed by atoms with Gasteiger partial charge in [-0.25, -0.2) is 4.79 Å². The van der Waals surface area contributed by atoms with E-state index in [1.54, 1.807) is 20.9 Å². The Morgan fingerprint density at radius 2 is 1.92 bits per heavy atom. The summed E-state index contributed by atoms with van der Waals surface area (Å²) in [6, 6.07) is 0. The first-order valence-corrected chi connectivity index (χ1v) is 9.18. The van der Waals surface area contributed by atoms with Crippen molar-refractivity contribution in [3.63, 3.8) is 0 Å². The molecular formula is C16H27N3O4S. The van der Waals surface area contributed by atoms with Gasteiger partial charge in [0, 0.05) is 19.8 Å². The van der Waals surface area contributed by atoms with Gasteiger partial charge in [-0.05, 0) is 20.3 Å². The van der Waals surface area contributed by atoms with Gasteiger partial charge in [0.2, 0.25) is 0 Å². The second-order valence-corrected chi connectivity index (χ2v) is 6.75. The first-order valence-electron chi connectivity index (χ1n) is 8.13. The van der Waals surface area contributed by atoms with Gasteiger partial charge >= 0.3 is 11.7 Å². The highest BCUT2D eigenvalue weighted by Gasteiger charge is 2.18. The number of carbonyl (C=O) groups is 1. The van der Waals surface area contributed by atoms with Gasteiger partial charge in [0.05, 0.1) is 17.7 Å². The van der Waals surface area contributed by atoms with E-state index in [2.05, 4.69) is 12.2 Å². The molecule has 0 spiro atoms. The molecule has 0 aliphatic heterocycles. The van der Waals surface area contributed by atoms with Gasteiger partial charge in [-0.3, -0.25) is 18.7 Å². The SMILES string of the molecule is CCCCC(Nc1c(C)n(C)c(=O)n(C)c1=O)SCC(=O)OCC. The number of ether oxygens (including phenoxy) is 1. The average molecular weight is 357 g/mol. The standard InChI is InChI=1S/C16H27N3O4S/c1-6-8-9-12(24-10-13(20)23-7-2)17-14-11(3)18(4)16(22)19(5)15(14)21/h12,17H,6-10H2,1-5H3. The fourth-order valence-corrected chi connectivity index (χ4v) is 3.19. The molecule has 7 nitrogen and oxygen atoms in total. The molecule has 1 aromatic heterocycles. The Labute approximate surface area is 146 Å². The van der Waals surface area contributed by atoms with Crippen LogP contribution in [0.4, 0.5) is 5.69 Å². The van der Waals surface area contributed by atoms with Crippen LogP contribution in [-0.2, 0) is 23.6 Å². The maximum absolute atomic E-state index is 12.4. The molecule has 1 atom stereocenters. The first-order chi connectivity index (χ1) is 11.3. The van der Waals surface area contributed by atoms with Crippen LogP contribution in [0, 0.1) is 6.92 Å². The maximum Gasteiger partial charge on any atom is 0.330 e. The summed E-state index contributed by atoms with van der Waals surface area (Å²) in [5.41, 5.74) is 0.277. The molecule has 1 unspecified atom stereocenters. The van der Waals surface area contributed by atoms with E-state index in [1.165, 1.54) is 23.4 Å². The third kappa shape index (κ3) is 5.15. The van der Waals surface area contributed by atoms with E-state index in [1.807, 2.05) is 0 Å². The molecule has 136 valence electrons. The molecule has 0 radical (unpaired) electrons. The molecule has 0 bridgehead atoms. The molecule has 0 saturated heterocycles. The normalized spacial score (nSPS) is 12.0. The summed E-state index contributed by atoms with van der Waals surface area (Å²) in [4.78, 5) is 35.9. The number of aromatic nitrogens is 2. The van der Waals surface area contributed by atoms with Crippen molar-refractivity contribution in [1.29, 1.82) is 0 Å². The number of carbonyl (C=O) groups excluding carboxylic acids is 1. The van der Waals surface area contributed by atoms with Crippen molar-refractivity contribution in [2.75, 3.05) is 17.7 Å². The number of hydrogen-bond acceptors (Lipinski definition) is 6. The van der Waals surface area contributed by atoms with Crippen molar-refractivity contribution in [2.45, 2.75) is 45.4 Å². The number of thioether (sulfide) groups is 1. The molecule has 1 rings (SSSR count). The van der Waals surface area contributed by atoms with Crippen LogP contribution in [0.2, 0.25) is 0 Å². The molecule has 0 aromatic carbocycles. The summed E-state index contributed by atoms with van der Waals surface area (Å²) in [7, 11) is 3.09. The van der Waals surface area contributed by atoms with Gasteiger partial charge in [0.1, 0.15) is 5.69 Å². The zero-order valence-corrected chi connectivity index (χ0v) is 15.9. The Balaban J connectivity index is 3.00. The Kier molecular flexibility index (Phi) is 8.10. The summed E-state index contributed by atoms with van der Waals surface area (Å²) in [5.74, 6) is -0.0451. The van der Waals surface area contributed by atoms with Crippen LogP contribution in [-0.4, -0.2) is 32.8 Å². The van der Waals surface area contributed by atoms with Crippen molar-refractivity contribution < 1.29 is 9.53 Å². The maximum atomic E-state index is 12.4. The summed E-state index contributed by atoms with van der Waals surface area (Å²) in [6.45, 7) is 5.95. The van der Waals surface area contributed by atoms with E-state index in [9.17, 15) is 14.4 Å². The largest absolute Gasteiger partial charge is 0.465 e. The Morgan fingerprint density at radius 3 is 2.50 bits per heavy atom. The van der Waals surface area contributed by atoms with Crippen molar-refractivity contribution in [2.24, 2.45) is 14.1 Å². The van der Waals surface area contributed by atoms with Gasteiger partial charge in [0.25, 0.3) is 5.56 Å². The lowest BCUT2D eigenvalue weighted by Gasteiger charge is -2.21. The van der Waals surface area contributed by atoms with Crippen molar-refractivity contribution in [3.8, 4) is 0 Å². The molecule has 1 heterocycles. The second kappa shape index (κ2) is 9.56. The number of esters is 1. The smallest absolute Gasteiger partial charge is 0.330 e. The lowest BCUT2D eigenvalue weighted by Crippen LogP contribution is -2.40. The zero-order valence-electron chi connectivity index (χ0n) is 15.0. The van der Waals surface area contributed by atoms with Crippen LogP contribution in [0.5, 0.6) is 0 Å². The van der Waals surface area contributed by atoms with Crippen LogP contribution in [0.1, 0.15) is 38.8 Å². The van der Waals surface area contributed by atoms with E-state index >= 15 is 0 Å². The summed E-state index contributed by atoms with van der Waals surface area (Å²) in [5, 5.41) is 3.12. The topological polar surface area (TPSA) is 82.3 Å². The first kappa shape index (κ1) is 20.3. The highest BCUT2D eigenvalue weighted by molar-refractivity contribution is 8.00. The predicted molar refractivity (Wildman–Crippen MR) is 97.7 cm³/mol. The molecule has 0 aliphatic rings. The fraction of sp³-hybridized carbons (Fsp3) is 0.688. The summed E-state index contributed by atoms with van der Waals surface area (Å²) >= 11 is 1.42. The Hall–Kier alpha value is -1.70. The van der Waals surface area contributed by atoms with Crippen molar-refractivity contribution >= 4 is 23.4 Å². The van der Waals surface area contributed by atoms with Crippen LogP contribution >= 0.6 is 11.8 Å². The molecule has 0 amide bonds. The lowest BCUT2D eigenvalue weighted by atomic mass is 10.2. The summed E-state index contributed by atoms with van der Waals surface area (Å²) < 4.78 is 7.48. The number of nitrogens with zero attached hydrogens (tertiary/aromatic N) is 2. The van der Waals surface area contributed by atoms with Crippen LogP contribution < -0.4 is 16.6 Å². The van der Waals surface area contributed by atoms with Crippen LogP contribution in [0.15, 0.2) is 9.59 Å². The molecule has 1 aromatic rings. The monoisotopic (exact) mass is 357 g/mol. The van der Waals surface area contributed by atoms with E-state index < -0.39 is 0 Å². The van der Waals surface area contributed by atoms with Gasteiger partial charge in [-0.2, -0.15) is 0 Å². The fourth-order valence-electron chi connectivity index (χ4n) is 2.23. The summed E-state index contributed by atoms with van der Waals surface area (Å²) in [6.07, 6.45) is 2.80. The molecule has 0 aliphatic carbocycles. The van der Waals surface area contributed by atoms with Crippen molar-refractivity contribution in [1.82, 2.24) is 9.13 Å². The number of unbranched alkanes of at least 4 members (excludes halogenated alkanes) is 1. The molecule has 24 heavy (non-hydrogen) atoms. The molecular weight excluding hydrogens is 330 g/mol. The van der Waals surface area contributed by atoms with Gasteiger partial charge in [0.15, 0.2) is 0 Å². The minimum Gasteiger partial charge on any atom is -0.465 e. The number of nitrogens with one attached hydrogen (secondary N) is 1. The van der Waals surface area contributed by atoms with E-state index in [-0.39, 0.29) is 28.3 Å². The quantitative estimate of drug-likeness (QED) is 0.534. The highest BCUT2D eigenvalue weighted by Crippen LogP contribution is 2.20. The minimum absolute atomic E-state index is 0.0988. The Morgan fingerprint density at radius 1 is 1.25 bits per heavy atom. The molecule has 8 heteroatoms. The molecule has 1 N–H and O–H groups in total. The number of anilines is 1. The third-order valence-electron chi connectivity index (χ3n) is 3.79. The van der Waals surface area contributed by atoms with E-state index in [4.69, 9.17) is 4.74 Å².